The smallest absolute Gasteiger partial charge is 0.469 e. The molecule has 2 fully saturated rings. The first-order valence-electron chi connectivity index (χ1n) is 6.91. The lowest BCUT2D eigenvalue weighted by Gasteiger charge is -2.32. The topological polar surface area (TPSA) is 44.8 Å². The van der Waals surface area contributed by atoms with Gasteiger partial charge in [-0.3, -0.25) is 4.79 Å². The van der Waals surface area contributed by atoms with Gasteiger partial charge in [0.05, 0.1) is 24.2 Å². The molecule has 0 aromatic heterocycles. The van der Waals surface area contributed by atoms with Crippen molar-refractivity contribution in [2.24, 2.45) is 17.8 Å². The third-order valence-corrected chi connectivity index (χ3v) is 5.14. The average molecular weight is 264 g/mol. The zero-order chi connectivity index (χ0) is 14.0. The monoisotopic (exact) mass is 264 g/mol. The van der Waals surface area contributed by atoms with E-state index in [1.807, 2.05) is 0 Å². The van der Waals surface area contributed by atoms with Crippen LogP contribution in [0.1, 0.15) is 34.1 Å². The Kier molecular flexibility index (Phi) is 2.68. The summed E-state index contributed by atoms with van der Waals surface area (Å²) < 4.78 is 16.9. The zero-order valence-electron chi connectivity index (χ0n) is 12.2. The van der Waals surface area contributed by atoms with E-state index < -0.39 is 0 Å². The van der Waals surface area contributed by atoms with E-state index in [2.05, 4.69) is 33.8 Å². The third-order valence-electron chi connectivity index (χ3n) is 5.14. The van der Waals surface area contributed by atoms with Gasteiger partial charge in [-0.1, -0.05) is 6.08 Å². The van der Waals surface area contributed by atoms with Gasteiger partial charge in [0.25, 0.3) is 0 Å². The molecule has 0 radical (unpaired) electrons. The summed E-state index contributed by atoms with van der Waals surface area (Å²) in [4.78, 5) is 11.5. The first-order valence-corrected chi connectivity index (χ1v) is 6.91. The molecule has 0 N–H and O–H groups in total. The molecule has 19 heavy (non-hydrogen) atoms. The Morgan fingerprint density at radius 3 is 2.32 bits per heavy atom. The summed E-state index contributed by atoms with van der Waals surface area (Å²) in [5.74, 6) is 0.721. The van der Waals surface area contributed by atoms with E-state index in [0.717, 1.165) is 6.42 Å². The van der Waals surface area contributed by atoms with Crippen molar-refractivity contribution in [1.29, 1.82) is 0 Å². The summed E-state index contributed by atoms with van der Waals surface area (Å²) in [5.41, 5.74) is 0.592. The molecular weight excluding hydrogens is 243 g/mol. The summed E-state index contributed by atoms with van der Waals surface area (Å²) in [5, 5.41) is 0. The minimum absolute atomic E-state index is 0.0659. The van der Waals surface area contributed by atoms with Crippen LogP contribution in [0.15, 0.2) is 11.5 Å². The van der Waals surface area contributed by atoms with Gasteiger partial charge in [-0.15, -0.1) is 0 Å². The van der Waals surface area contributed by atoms with E-state index in [0.29, 0.717) is 11.8 Å². The lowest BCUT2D eigenvalue weighted by atomic mass is 9.76. The van der Waals surface area contributed by atoms with Gasteiger partial charge < -0.3 is 14.0 Å². The van der Waals surface area contributed by atoms with Gasteiger partial charge in [0, 0.05) is 0 Å². The Bertz CT molecular complexity index is 438. The standard InChI is InChI=1S/C14H21BO4/c1-13(2)14(3,4)19-15(18-13)8-6-9-10(7-8)11(9)12(16)17-5/h6,9-11H,7H2,1-5H3. The van der Waals surface area contributed by atoms with Gasteiger partial charge >= 0.3 is 13.1 Å². The van der Waals surface area contributed by atoms with Crippen molar-refractivity contribution in [3.8, 4) is 0 Å². The molecule has 0 aromatic rings. The fourth-order valence-corrected chi connectivity index (χ4v) is 3.12. The Hall–Kier alpha value is -0.805. The number of methoxy groups -OCH3 is 1. The minimum Gasteiger partial charge on any atom is -0.469 e. The summed E-state index contributed by atoms with van der Waals surface area (Å²) in [6.45, 7) is 8.22. The molecule has 1 aliphatic heterocycles. The Morgan fingerprint density at radius 2 is 1.89 bits per heavy atom. The van der Waals surface area contributed by atoms with Crippen LogP contribution in [0.2, 0.25) is 0 Å². The van der Waals surface area contributed by atoms with E-state index in [4.69, 9.17) is 14.0 Å². The SMILES string of the molecule is COC(=O)C1C2C=C(B3OC(C)(C)C(C)(C)O3)CC21. The molecule has 3 aliphatic rings. The molecule has 2 aliphatic carbocycles. The molecule has 0 spiro atoms. The molecule has 0 bridgehead atoms. The summed E-state index contributed by atoms with van der Waals surface area (Å²) in [7, 11) is 1.20. The van der Waals surface area contributed by atoms with E-state index in [-0.39, 0.29) is 30.2 Å². The molecule has 3 atom stereocenters. The molecule has 3 rings (SSSR count). The molecule has 1 saturated carbocycles. The van der Waals surface area contributed by atoms with Crippen molar-refractivity contribution >= 4 is 13.1 Å². The van der Waals surface area contributed by atoms with Crippen molar-refractivity contribution in [1.82, 2.24) is 0 Å². The second kappa shape index (κ2) is 3.86. The second-order valence-corrected chi connectivity index (χ2v) is 6.82. The van der Waals surface area contributed by atoms with Gasteiger partial charge in [-0.05, 0) is 51.4 Å². The summed E-state index contributed by atoms with van der Waals surface area (Å²) in [6, 6.07) is 0. The van der Waals surface area contributed by atoms with Crippen LogP contribution in [0.25, 0.3) is 0 Å². The fraction of sp³-hybridized carbons (Fsp3) is 0.786. The van der Waals surface area contributed by atoms with Crippen molar-refractivity contribution < 1.29 is 18.8 Å². The zero-order valence-corrected chi connectivity index (χ0v) is 12.2. The van der Waals surface area contributed by atoms with Crippen LogP contribution in [-0.4, -0.2) is 31.4 Å². The van der Waals surface area contributed by atoms with E-state index >= 15 is 0 Å². The third kappa shape index (κ3) is 1.86. The van der Waals surface area contributed by atoms with Crippen molar-refractivity contribution in [3.05, 3.63) is 11.5 Å². The fourth-order valence-electron chi connectivity index (χ4n) is 3.12. The lowest BCUT2D eigenvalue weighted by molar-refractivity contribution is -0.142. The maximum absolute atomic E-state index is 11.5. The van der Waals surface area contributed by atoms with Gasteiger partial charge in [-0.2, -0.15) is 0 Å². The van der Waals surface area contributed by atoms with Crippen molar-refractivity contribution in [3.63, 3.8) is 0 Å². The van der Waals surface area contributed by atoms with Gasteiger partial charge in [-0.25, -0.2) is 0 Å². The largest absolute Gasteiger partial charge is 0.490 e. The van der Waals surface area contributed by atoms with Crippen LogP contribution in [0, 0.1) is 17.8 Å². The van der Waals surface area contributed by atoms with Gasteiger partial charge in [0.15, 0.2) is 0 Å². The predicted octanol–water partition coefficient (Wildman–Crippen LogP) is 1.98. The summed E-state index contributed by atoms with van der Waals surface area (Å²) >= 11 is 0. The van der Waals surface area contributed by atoms with Crippen LogP contribution in [-0.2, 0) is 18.8 Å². The normalized spacial score (nSPS) is 37.8. The van der Waals surface area contributed by atoms with Crippen LogP contribution >= 0.6 is 0 Å². The molecular formula is C14H21BO4. The molecule has 104 valence electrons. The number of carbonyl (C=O) groups excluding carboxylic acids is 1. The lowest BCUT2D eigenvalue weighted by Crippen LogP contribution is -2.41. The molecule has 4 nitrogen and oxygen atoms in total. The van der Waals surface area contributed by atoms with E-state index in [9.17, 15) is 4.79 Å². The molecule has 5 heteroatoms. The highest BCUT2D eigenvalue weighted by atomic mass is 16.7. The predicted molar refractivity (Wildman–Crippen MR) is 71.3 cm³/mol. The maximum atomic E-state index is 11.5. The van der Waals surface area contributed by atoms with Crippen molar-refractivity contribution in [2.45, 2.75) is 45.3 Å². The average Bonchev–Trinajstić information content (AvgIpc) is 2.71. The highest BCUT2D eigenvalue weighted by Gasteiger charge is 2.61. The van der Waals surface area contributed by atoms with Crippen LogP contribution in [0.3, 0.4) is 0 Å². The molecule has 0 aromatic carbocycles. The van der Waals surface area contributed by atoms with E-state index in [1.165, 1.54) is 12.6 Å². The van der Waals surface area contributed by atoms with Crippen LogP contribution in [0.5, 0.6) is 0 Å². The van der Waals surface area contributed by atoms with Crippen molar-refractivity contribution in [2.75, 3.05) is 7.11 Å². The van der Waals surface area contributed by atoms with Crippen LogP contribution in [0.4, 0.5) is 0 Å². The minimum atomic E-state index is -0.299. The molecule has 1 heterocycles. The molecule has 1 saturated heterocycles. The number of hydrogen-bond donors (Lipinski definition) is 0. The molecule has 3 unspecified atom stereocenters. The second-order valence-electron chi connectivity index (χ2n) is 6.82. The quantitative estimate of drug-likeness (QED) is 0.565. The number of carbonyl (C=O) groups is 1. The first-order chi connectivity index (χ1) is 8.77. The number of hydrogen-bond acceptors (Lipinski definition) is 4. The highest BCUT2D eigenvalue weighted by Crippen LogP contribution is 2.57. The first kappa shape index (κ1) is 13.2. The number of ether oxygens (including phenoxy) is 1. The number of rotatable bonds is 2. The van der Waals surface area contributed by atoms with E-state index in [1.54, 1.807) is 0 Å². The Labute approximate surface area is 114 Å². The number of allylic oxidation sites excluding steroid dienone is 2. The number of fused-ring (bicyclic) bond motifs is 1. The Balaban J connectivity index is 1.69. The highest BCUT2D eigenvalue weighted by molar-refractivity contribution is 6.54. The summed E-state index contributed by atoms with van der Waals surface area (Å²) in [6.07, 6.45) is 3.05. The maximum Gasteiger partial charge on any atom is 0.490 e. The number of esters is 1. The molecule has 0 amide bonds. The van der Waals surface area contributed by atoms with Crippen LogP contribution < -0.4 is 0 Å². The van der Waals surface area contributed by atoms with Gasteiger partial charge in [0.2, 0.25) is 0 Å². The Morgan fingerprint density at radius 1 is 1.32 bits per heavy atom. The van der Waals surface area contributed by atoms with Gasteiger partial charge in [0.1, 0.15) is 0 Å².